The Balaban J connectivity index is 2.32. The van der Waals surface area contributed by atoms with E-state index in [0.717, 1.165) is 11.8 Å². The first-order valence-electron chi connectivity index (χ1n) is 7.57. The van der Waals surface area contributed by atoms with Crippen LogP contribution in [0.25, 0.3) is 0 Å². The van der Waals surface area contributed by atoms with Crippen LogP contribution >= 0.6 is 0 Å². The van der Waals surface area contributed by atoms with Gasteiger partial charge < -0.3 is 5.32 Å². The zero-order valence-electron chi connectivity index (χ0n) is 12.4. The molecule has 0 spiro atoms. The number of nitrogens with one attached hydrogen (secondary N) is 1. The first-order chi connectivity index (χ1) is 8.83. The molecule has 19 heavy (non-hydrogen) atoms. The topological polar surface area (TPSA) is 12.0 Å². The van der Waals surface area contributed by atoms with Gasteiger partial charge in [-0.3, -0.25) is 0 Å². The summed E-state index contributed by atoms with van der Waals surface area (Å²) in [6, 6.07) is 0.260. The maximum Gasteiger partial charge on any atom is 0.389 e. The summed E-state index contributed by atoms with van der Waals surface area (Å²) >= 11 is 0. The Morgan fingerprint density at radius 2 is 1.58 bits per heavy atom. The Morgan fingerprint density at radius 1 is 1.05 bits per heavy atom. The first-order valence-corrected chi connectivity index (χ1v) is 7.57. The van der Waals surface area contributed by atoms with Crippen molar-refractivity contribution < 1.29 is 13.2 Å². The Morgan fingerprint density at radius 3 is 2.00 bits per heavy atom. The van der Waals surface area contributed by atoms with Crippen LogP contribution in [-0.2, 0) is 0 Å². The van der Waals surface area contributed by atoms with E-state index in [2.05, 4.69) is 19.2 Å². The predicted octanol–water partition coefficient (Wildman–Crippen LogP) is 4.77. The van der Waals surface area contributed by atoms with Crippen molar-refractivity contribution in [2.24, 2.45) is 17.8 Å². The van der Waals surface area contributed by atoms with Gasteiger partial charge in [0.2, 0.25) is 0 Å². The molecule has 1 fully saturated rings. The van der Waals surface area contributed by atoms with Crippen molar-refractivity contribution >= 4 is 0 Å². The molecule has 1 nitrogen and oxygen atoms in total. The quantitative estimate of drug-likeness (QED) is 0.738. The highest BCUT2D eigenvalue weighted by atomic mass is 19.4. The maximum atomic E-state index is 12.2. The second-order valence-corrected chi connectivity index (χ2v) is 6.32. The summed E-state index contributed by atoms with van der Waals surface area (Å²) in [5, 5.41) is 3.23. The minimum absolute atomic E-state index is 0.249. The number of hydrogen-bond donors (Lipinski definition) is 1. The summed E-state index contributed by atoms with van der Waals surface area (Å²) < 4.78 is 36.5. The van der Waals surface area contributed by atoms with E-state index in [4.69, 9.17) is 0 Å². The molecule has 1 atom stereocenters. The highest BCUT2D eigenvalue weighted by molar-refractivity contribution is 4.82. The lowest BCUT2D eigenvalue weighted by Gasteiger charge is -2.35. The second-order valence-electron chi connectivity index (χ2n) is 6.32. The Labute approximate surface area is 115 Å². The highest BCUT2D eigenvalue weighted by Gasteiger charge is 2.30. The van der Waals surface area contributed by atoms with Crippen molar-refractivity contribution in [1.29, 1.82) is 0 Å². The van der Waals surface area contributed by atoms with Gasteiger partial charge in [0.15, 0.2) is 0 Å². The van der Waals surface area contributed by atoms with Crippen LogP contribution in [0.5, 0.6) is 0 Å². The van der Waals surface area contributed by atoms with Crippen LogP contribution in [-0.4, -0.2) is 19.3 Å². The molecular weight excluding hydrogens is 251 g/mol. The lowest BCUT2D eigenvalue weighted by molar-refractivity contribution is -0.136. The Hall–Kier alpha value is -0.250. The fraction of sp³-hybridized carbons (Fsp3) is 1.00. The second kappa shape index (κ2) is 7.51. The van der Waals surface area contributed by atoms with E-state index in [0.29, 0.717) is 12.3 Å². The molecule has 114 valence electrons. The highest BCUT2D eigenvalue weighted by Crippen LogP contribution is 2.36. The van der Waals surface area contributed by atoms with Gasteiger partial charge >= 0.3 is 6.18 Å². The van der Waals surface area contributed by atoms with Crippen molar-refractivity contribution in [3.05, 3.63) is 0 Å². The van der Waals surface area contributed by atoms with Crippen molar-refractivity contribution in [3.8, 4) is 0 Å². The van der Waals surface area contributed by atoms with Crippen LogP contribution in [0.15, 0.2) is 0 Å². The van der Waals surface area contributed by atoms with Crippen molar-refractivity contribution in [1.82, 2.24) is 5.32 Å². The number of hydrogen-bond acceptors (Lipinski definition) is 1. The molecular formula is C15H28F3N. The van der Waals surface area contributed by atoms with E-state index < -0.39 is 12.6 Å². The normalized spacial score (nSPS) is 26.7. The largest absolute Gasteiger partial charge is 0.389 e. The number of alkyl halides is 3. The molecule has 1 N–H and O–H groups in total. The third-order valence-corrected chi connectivity index (χ3v) is 4.67. The Kier molecular flexibility index (Phi) is 6.64. The lowest BCUT2D eigenvalue weighted by atomic mass is 9.74. The molecule has 0 aromatic carbocycles. The minimum atomic E-state index is -4.01. The monoisotopic (exact) mass is 279 g/mol. The average molecular weight is 279 g/mol. The molecule has 0 aliphatic heterocycles. The van der Waals surface area contributed by atoms with Gasteiger partial charge in [0.1, 0.15) is 0 Å². The molecule has 0 bridgehead atoms. The van der Waals surface area contributed by atoms with Crippen LogP contribution in [0.1, 0.15) is 58.8 Å². The summed E-state index contributed by atoms with van der Waals surface area (Å²) in [6.07, 6.45) is 1.05. The van der Waals surface area contributed by atoms with Gasteiger partial charge in [-0.25, -0.2) is 0 Å². The van der Waals surface area contributed by atoms with Gasteiger partial charge in [-0.2, -0.15) is 13.2 Å². The van der Waals surface area contributed by atoms with Crippen LogP contribution in [0.3, 0.4) is 0 Å². The molecule has 1 aliphatic rings. The summed E-state index contributed by atoms with van der Waals surface area (Å²) in [5.74, 6) is 2.11. The summed E-state index contributed by atoms with van der Waals surface area (Å²) in [5.41, 5.74) is 0. The van der Waals surface area contributed by atoms with E-state index in [1.54, 1.807) is 0 Å². The predicted molar refractivity (Wildman–Crippen MR) is 73.0 cm³/mol. The smallest absolute Gasteiger partial charge is 0.317 e. The van der Waals surface area contributed by atoms with Crippen LogP contribution < -0.4 is 5.32 Å². The fourth-order valence-electron chi connectivity index (χ4n) is 3.35. The van der Waals surface area contributed by atoms with Gasteiger partial charge in [0.25, 0.3) is 0 Å². The molecule has 0 amide bonds. The molecule has 1 saturated carbocycles. The third kappa shape index (κ3) is 6.15. The standard InChI is InChI=1S/C15H28F3N/c1-11(2)12-6-8-13(9-7-12)14(19-3)5-4-10-15(16,17)18/h11-14,19H,4-10H2,1-3H3. The first kappa shape index (κ1) is 16.8. The minimum Gasteiger partial charge on any atom is -0.317 e. The van der Waals surface area contributed by atoms with Crippen LogP contribution in [0.4, 0.5) is 13.2 Å². The van der Waals surface area contributed by atoms with E-state index in [9.17, 15) is 13.2 Å². The SMILES string of the molecule is CNC(CCCC(F)(F)F)C1CCC(C(C)C)CC1. The third-order valence-electron chi connectivity index (χ3n) is 4.67. The molecule has 0 saturated heterocycles. The van der Waals surface area contributed by atoms with Gasteiger partial charge in [-0.15, -0.1) is 0 Å². The van der Waals surface area contributed by atoms with Crippen molar-refractivity contribution in [3.63, 3.8) is 0 Å². The molecule has 1 rings (SSSR count). The molecule has 1 aliphatic carbocycles. The van der Waals surface area contributed by atoms with Gasteiger partial charge in [-0.1, -0.05) is 13.8 Å². The van der Waals surface area contributed by atoms with Crippen molar-refractivity contribution in [2.75, 3.05) is 7.05 Å². The molecule has 0 heterocycles. The molecule has 0 aromatic heterocycles. The number of rotatable bonds is 6. The fourth-order valence-corrected chi connectivity index (χ4v) is 3.35. The van der Waals surface area contributed by atoms with Crippen LogP contribution in [0, 0.1) is 17.8 Å². The average Bonchev–Trinajstić information content (AvgIpc) is 2.33. The molecule has 4 heteroatoms. The van der Waals surface area contributed by atoms with E-state index in [1.807, 2.05) is 7.05 Å². The van der Waals surface area contributed by atoms with Gasteiger partial charge in [-0.05, 0) is 63.3 Å². The summed E-state index contributed by atoms with van der Waals surface area (Å²) in [4.78, 5) is 0. The van der Waals surface area contributed by atoms with E-state index in [-0.39, 0.29) is 12.5 Å². The summed E-state index contributed by atoms with van der Waals surface area (Å²) in [6.45, 7) is 4.54. The van der Waals surface area contributed by atoms with Crippen molar-refractivity contribution in [2.45, 2.75) is 71.0 Å². The maximum absolute atomic E-state index is 12.2. The van der Waals surface area contributed by atoms with E-state index >= 15 is 0 Å². The number of halogens is 3. The molecule has 1 unspecified atom stereocenters. The van der Waals surface area contributed by atoms with E-state index in [1.165, 1.54) is 25.7 Å². The molecule has 0 radical (unpaired) electrons. The van der Waals surface area contributed by atoms with Crippen LogP contribution in [0.2, 0.25) is 0 Å². The zero-order valence-corrected chi connectivity index (χ0v) is 12.4. The van der Waals surface area contributed by atoms with Gasteiger partial charge in [0, 0.05) is 12.5 Å². The Bertz CT molecular complexity index is 242. The lowest BCUT2D eigenvalue weighted by Crippen LogP contribution is -2.36. The van der Waals surface area contributed by atoms with Gasteiger partial charge in [0.05, 0.1) is 0 Å². The molecule has 0 aromatic rings. The summed E-state index contributed by atoms with van der Waals surface area (Å²) in [7, 11) is 1.88. The zero-order chi connectivity index (χ0) is 14.5.